The molecule has 0 amide bonds. The molecule has 0 radical (unpaired) electrons. The number of benzene rings is 1. The van der Waals surface area contributed by atoms with Gasteiger partial charge in [-0.3, -0.25) is 0 Å². The fourth-order valence-electron chi connectivity index (χ4n) is 0.891. The Labute approximate surface area is 100.0 Å². The van der Waals surface area contributed by atoms with Crippen molar-refractivity contribution in [1.29, 1.82) is 0 Å². The SMILES string of the molecule is O=Nc1cc(S(=O)(=O)Cl)cc(S(=O)(=O)Cl)c1. The first-order chi connectivity index (χ1) is 7.14. The third kappa shape index (κ3) is 3.14. The lowest BCUT2D eigenvalue weighted by Crippen LogP contribution is -1.95. The molecule has 0 heterocycles. The van der Waals surface area contributed by atoms with Gasteiger partial charge >= 0.3 is 0 Å². The van der Waals surface area contributed by atoms with E-state index in [1.807, 2.05) is 0 Å². The highest BCUT2D eigenvalue weighted by Gasteiger charge is 2.18. The normalized spacial score (nSPS) is 12.4. The molecule has 16 heavy (non-hydrogen) atoms. The Kier molecular flexibility index (Phi) is 3.58. The number of nitroso groups, excluding NO2 is 1. The third-order valence-electron chi connectivity index (χ3n) is 1.53. The van der Waals surface area contributed by atoms with Crippen molar-refractivity contribution in [2.24, 2.45) is 5.18 Å². The van der Waals surface area contributed by atoms with Gasteiger partial charge in [0.25, 0.3) is 18.1 Å². The Hall–Kier alpha value is -0.700. The molecule has 0 bridgehead atoms. The van der Waals surface area contributed by atoms with Gasteiger partial charge in [-0.15, -0.1) is 4.91 Å². The van der Waals surface area contributed by atoms with Crippen LogP contribution in [0.2, 0.25) is 0 Å². The summed E-state index contributed by atoms with van der Waals surface area (Å²) in [6.45, 7) is 0. The minimum absolute atomic E-state index is 0.402. The summed E-state index contributed by atoms with van der Waals surface area (Å²) in [6, 6.07) is 2.40. The van der Waals surface area contributed by atoms with Gasteiger partial charge in [-0.25, -0.2) is 16.8 Å². The summed E-state index contributed by atoms with van der Waals surface area (Å²) in [5.41, 5.74) is -0.402. The van der Waals surface area contributed by atoms with Crippen molar-refractivity contribution in [3.8, 4) is 0 Å². The number of hydrogen-bond donors (Lipinski definition) is 0. The molecule has 1 aromatic rings. The van der Waals surface area contributed by atoms with Crippen LogP contribution in [0.25, 0.3) is 0 Å². The molecular formula is C6H3Cl2NO5S2. The molecule has 0 unspecified atom stereocenters. The van der Waals surface area contributed by atoms with Crippen LogP contribution in [-0.2, 0) is 18.1 Å². The van der Waals surface area contributed by atoms with Crippen molar-refractivity contribution in [3.63, 3.8) is 0 Å². The van der Waals surface area contributed by atoms with Crippen molar-refractivity contribution >= 4 is 45.2 Å². The minimum Gasteiger partial charge on any atom is -0.207 e. The molecule has 10 heteroatoms. The van der Waals surface area contributed by atoms with E-state index in [0.29, 0.717) is 0 Å². The second-order valence-electron chi connectivity index (χ2n) is 2.63. The lowest BCUT2D eigenvalue weighted by Gasteiger charge is -2.00. The molecule has 1 aromatic carbocycles. The molecular weight excluding hydrogens is 301 g/mol. The van der Waals surface area contributed by atoms with E-state index in [1.54, 1.807) is 0 Å². The molecule has 0 aliphatic heterocycles. The number of halogens is 2. The van der Waals surface area contributed by atoms with E-state index in [9.17, 15) is 21.7 Å². The highest BCUT2D eigenvalue weighted by atomic mass is 35.7. The van der Waals surface area contributed by atoms with Gasteiger partial charge in [0.05, 0.1) is 9.79 Å². The molecule has 1 rings (SSSR count). The van der Waals surface area contributed by atoms with Crippen LogP contribution in [0.3, 0.4) is 0 Å². The van der Waals surface area contributed by atoms with Gasteiger partial charge in [0.2, 0.25) is 0 Å². The van der Waals surface area contributed by atoms with Gasteiger partial charge in [-0.1, -0.05) is 0 Å². The molecule has 0 spiro atoms. The van der Waals surface area contributed by atoms with Gasteiger partial charge in [0.15, 0.2) is 0 Å². The Morgan fingerprint density at radius 3 is 1.50 bits per heavy atom. The van der Waals surface area contributed by atoms with Gasteiger partial charge in [0.1, 0.15) is 5.69 Å². The van der Waals surface area contributed by atoms with Crippen molar-refractivity contribution in [2.75, 3.05) is 0 Å². The highest BCUT2D eigenvalue weighted by molar-refractivity contribution is 8.14. The van der Waals surface area contributed by atoms with E-state index in [-0.39, 0.29) is 0 Å². The maximum absolute atomic E-state index is 11.0. The van der Waals surface area contributed by atoms with Crippen LogP contribution < -0.4 is 0 Å². The maximum Gasteiger partial charge on any atom is 0.261 e. The van der Waals surface area contributed by atoms with Crippen molar-refractivity contribution in [3.05, 3.63) is 23.1 Å². The predicted molar refractivity (Wildman–Crippen MR) is 58.0 cm³/mol. The Morgan fingerprint density at radius 1 is 0.875 bits per heavy atom. The molecule has 0 N–H and O–H groups in total. The summed E-state index contributed by atoms with van der Waals surface area (Å²) in [6.07, 6.45) is 0. The molecule has 0 fully saturated rings. The molecule has 0 atom stereocenters. The summed E-state index contributed by atoms with van der Waals surface area (Å²) in [5.74, 6) is 0. The summed E-state index contributed by atoms with van der Waals surface area (Å²) >= 11 is 0. The quantitative estimate of drug-likeness (QED) is 0.628. The maximum atomic E-state index is 11.0. The number of nitrogens with zero attached hydrogens (tertiary/aromatic N) is 1. The average Bonchev–Trinajstić information content (AvgIpc) is 2.14. The van der Waals surface area contributed by atoms with Gasteiger partial charge in [-0.05, 0) is 23.4 Å². The molecule has 0 aromatic heterocycles. The van der Waals surface area contributed by atoms with E-state index >= 15 is 0 Å². The molecule has 0 saturated heterocycles. The largest absolute Gasteiger partial charge is 0.261 e. The zero-order chi connectivity index (χ0) is 12.6. The van der Waals surface area contributed by atoms with Crippen molar-refractivity contribution < 1.29 is 16.8 Å². The van der Waals surface area contributed by atoms with E-state index in [0.717, 1.165) is 18.2 Å². The second-order valence-corrected chi connectivity index (χ2v) is 7.76. The number of hydrogen-bond acceptors (Lipinski definition) is 6. The van der Waals surface area contributed by atoms with Crippen LogP contribution in [0.1, 0.15) is 0 Å². The van der Waals surface area contributed by atoms with Crippen LogP contribution in [0.15, 0.2) is 33.2 Å². The summed E-state index contributed by atoms with van der Waals surface area (Å²) in [4.78, 5) is 9.11. The third-order valence-corrected chi connectivity index (χ3v) is 4.20. The van der Waals surface area contributed by atoms with Crippen LogP contribution >= 0.6 is 21.4 Å². The lowest BCUT2D eigenvalue weighted by molar-refractivity contribution is 0.608. The standard InChI is InChI=1S/C6H3Cl2NO5S2/c7-15(11,12)5-1-4(9-10)2-6(3-5)16(8,13)14/h1-3H. The lowest BCUT2D eigenvalue weighted by atomic mass is 10.3. The first-order valence-electron chi connectivity index (χ1n) is 3.52. The van der Waals surface area contributed by atoms with Gasteiger partial charge in [-0.2, -0.15) is 0 Å². The van der Waals surface area contributed by atoms with Crippen molar-refractivity contribution in [2.45, 2.75) is 9.79 Å². The topological polar surface area (TPSA) is 97.7 Å². The van der Waals surface area contributed by atoms with Crippen molar-refractivity contribution in [1.82, 2.24) is 0 Å². The molecule has 0 aliphatic carbocycles. The summed E-state index contributed by atoms with van der Waals surface area (Å²) < 4.78 is 43.9. The first-order valence-corrected chi connectivity index (χ1v) is 8.14. The predicted octanol–water partition coefficient (Wildman–Crippen LogP) is 1.94. The van der Waals surface area contributed by atoms with E-state index in [2.05, 4.69) is 5.18 Å². The fourth-order valence-corrected chi connectivity index (χ4v) is 2.56. The van der Waals surface area contributed by atoms with Crippen LogP contribution in [0.5, 0.6) is 0 Å². The molecule has 6 nitrogen and oxygen atoms in total. The van der Waals surface area contributed by atoms with Crippen LogP contribution in [0, 0.1) is 4.91 Å². The van der Waals surface area contributed by atoms with Crippen LogP contribution in [-0.4, -0.2) is 16.8 Å². The first kappa shape index (κ1) is 13.4. The van der Waals surface area contributed by atoms with Gasteiger partial charge in [0, 0.05) is 21.4 Å². The monoisotopic (exact) mass is 303 g/mol. The molecule has 88 valence electrons. The zero-order valence-electron chi connectivity index (χ0n) is 7.29. The van der Waals surface area contributed by atoms with Gasteiger partial charge < -0.3 is 0 Å². The van der Waals surface area contributed by atoms with E-state index in [4.69, 9.17) is 21.4 Å². The average molecular weight is 304 g/mol. The van der Waals surface area contributed by atoms with E-state index < -0.39 is 33.6 Å². The number of rotatable bonds is 3. The van der Waals surface area contributed by atoms with Crippen LogP contribution in [0.4, 0.5) is 5.69 Å². The summed E-state index contributed by atoms with van der Waals surface area (Å²) in [7, 11) is 1.66. The Morgan fingerprint density at radius 2 is 1.25 bits per heavy atom. The highest BCUT2D eigenvalue weighted by Crippen LogP contribution is 2.27. The molecule has 0 saturated carbocycles. The fraction of sp³-hybridized carbons (Fsp3) is 0. The van der Waals surface area contributed by atoms with E-state index in [1.165, 1.54) is 0 Å². The zero-order valence-corrected chi connectivity index (χ0v) is 10.4. The molecule has 0 aliphatic rings. The Balaban J connectivity index is 3.64. The smallest absolute Gasteiger partial charge is 0.207 e. The summed E-state index contributed by atoms with van der Waals surface area (Å²) in [5, 5.41) is 2.42. The second kappa shape index (κ2) is 4.28. The minimum atomic E-state index is -4.17. The Bertz CT molecular complexity index is 587.